The van der Waals surface area contributed by atoms with E-state index < -0.39 is 25.9 Å². The van der Waals surface area contributed by atoms with Crippen molar-refractivity contribution >= 4 is 13.4 Å². The van der Waals surface area contributed by atoms with E-state index in [0.29, 0.717) is 0 Å². The molecule has 0 aliphatic heterocycles. The summed E-state index contributed by atoms with van der Waals surface area (Å²) in [5, 5.41) is 0. The summed E-state index contributed by atoms with van der Waals surface area (Å²) in [6.45, 7) is 1.47. The van der Waals surface area contributed by atoms with Crippen LogP contribution in [0.4, 0.5) is 5.82 Å². The summed E-state index contributed by atoms with van der Waals surface area (Å²) in [4.78, 5) is 31.9. The SMILES string of the molecule is CC(OCP(=O)(O)O)n1ccc(N)nc1=O. The van der Waals surface area contributed by atoms with Gasteiger partial charge in [-0.05, 0) is 13.0 Å². The number of nitrogen functional groups attached to an aromatic ring is 1. The van der Waals surface area contributed by atoms with Crippen molar-refractivity contribution in [1.29, 1.82) is 0 Å². The van der Waals surface area contributed by atoms with E-state index in [1.807, 2.05) is 0 Å². The Hall–Kier alpha value is -1.21. The normalized spacial score (nSPS) is 13.7. The molecular formula is C7H12N3O5P. The van der Waals surface area contributed by atoms with Gasteiger partial charge in [-0.3, -0.25) is 9.13 Å². The van der Waals surface area contributed by atoms with Gasteiger partial charge in [0, 0.05) is 6.20 Å². The lowest BCUT2D eigenvalue weighted by molar-refractivity contribution is 0.0332. The molecule has 1 rings (SSSR count). The van der Waals surface area contributed by atoms with Crippen molar-refractivity contribution in [3.63, 3.8) is 0 Å². The number of anilines is 1. The van der Waals surface area contributed by atoms with Crippen molar-refractivity contribution in [3.8, 4) is 0 Å². The molecule has 1 unspecified atom stereocenters. The highest BCUT2D eigenvalue weighted by Crippen LogP contribution is 2.35. The van der Waals surface area contributed by atoms with Crippen LogP contribution in [0.15, 0.2) is 17.1 Å². The number of hydrogen-bond acceptors (Lipinski definition) is 5. The van der Waals surface area contributed by atoms with Crippen LogP contribution in [0.1, 0.15) is 13.2 Å². The molecule has 0 aliphatic rings. The van der Waals surface area contributed by atoms with E-state index in [4.69, 9.17) is 20.3 Å². The molecule has 8 nitrogen and oxygen atoms in total. The molecule has 16 heavy (non-hydrogen) atoms. The van der Waals surface area contributed by atoms with Gasteiger partial charge in [0.05, 0.1) is 0 Å². The van der Waals surface area contributed by atoms with E-state index in [9.17, 15) is 9.36 Å². The molecule has 0 bridgehead atoms. The van der Waals surface area contributed by atoms with Gasteiger partial charge in [-0.2, -0.15) is 4.98 Å². The van der Waals surface area contributed by atoms with Crippen LogP contribution in [0.5, 0.6) is 0 Å². The smallest absolute Gasteiger partial charge is 0.351 e. The summed E-state index contributed by atoms with van der Waals surface area (Å²) in [7, 11) is -4.25. The molecule has 4 N–H and O–H groups in total. The topological polar surface area (TPSA) is 128 Å². The van der Waals surface area contributed by atoms with Gasteiger partial charge in [0.15, 0.2) is 6.35 Å². The summed E-state index contributed by atoms with van der Waals surface area (Å²) < 4.78 is 16.5. The van der Waals surface area contributed by atoms with E-state index in [2.05, 4.69) is 4.98 Å². The van der Waals surface area contributed by atoms with E-state index in [1.54, 1.807) is 0 Å². The minimum atomic E-state index is -4.25. The lowest BCUT2D eigenvalue weighted by Crippen LogP contribution is -2.27. The molecule has 9 heteroatoms. The molecule has 0 aromatic carbocycles. The van der Waals surface area contributed by atoms with E-state index in [-0.39, 0.29) is 5.82 Å². The van der Waals surface area contributed by atoms with Gasteiger partial charge >= 0.3 is 13.3 Å². The van der Waals surface area contributed by atoms with Gasteiger partial charge in [-0.25, -0.2) is 4.79 Å². The standard InChI is InChI=1S/C7H12N3O5P/c1-5(15-4-16(12,13)14)10-3-2-6(8)9-7(10)11/h2-3,5H,4H2,1H3,(H2,8,9,11)(H2,12,13,14). The summed E-state index contributed by atoms with van der Waals surface area (Å²) in [5.74, 6) is 0.0726. The fourth-order valence-electron chi connectivity index (χ4n) is 0.988. The maximum Gasteiger partial charge on any atom is 0.351 e. The van der Waals surface area contributed by atoms with E-state index >= 15 is 0 Å². The molecule has 0 saturated heterocycles. The van der Waals surface area contributed by atoms with Gasteiger partial charge in [0.1, 0.15) is 12.0 Å². The minimum absolute atomic E-state index is 0.0726. The number of rotatable bonds is 4. The Kier molecular flexibility index (Phi) is 3.82. The van der Waals surface area contributed by atoms with Crippen LogP contribution in [0.3, 0.4) is 0 Å². The van der Waals surface area contributed by atoms with Crippen LogP contribution in [0.25, 0.3) is 0 Å². The fourth-order valence-corrected chi connectivity index (χ4v) is 1.40. The summed E-state index contributed by atoms with van der Waals surface area (Å²) >= 11 is 0. The van der Waals surface area contributed by atoms with Gasteiger partial charge in [0.2, 0.25) is 0 Å². The Labute approximate surface area is 90.8 Å². The molecule has 1 heterocycles. The quantitative estimate of drug-likeness (QED) is 0.613. The maximum atomic E-state index is 11.3. The van der Waals surface area contributed by atoms with Crippen molar-refractivity contribution in [2.24, 2.45) is 0 Å². The number of nitrogens with two attached hydrogens (primary N) is 1. The predicted octanol–water partition coefficient (Wildman–Crippen LogP) is -0.504. The number of nitrogens with zero attached hydrogens (tertiary/aromatic N) is 2. The molecule has 0 spiro atoms. The first-order valence-corrected chi connectivity index (χ1v) is 6.10. The lowest BCUT2D eigenvalue weighted by Gasteiger charge is -2.15. The number of ether oxygens (including phenoxy) is 1. The first-order valence-electron chi connectivity index (χ1n) is 4.30. The van der Waals surface area contributed by atoms with Gasteiger partial charge in [-0.15, -0.1) is 0 Å². The molecule has 1 aromatic rings. The number of hydrogen-bond donors (Lipinski definition) is 3. The highest BCUT2D eigenvalue weighted by molar-refractivity contribution is 7.51. The van der Waals surface area contributed by atoms with Gasteiger partial charge in [0.25, 0.3) is 0 Å². The maximum absolute atomic E-state index is 11.3. The van der Waals surface area contributed by atoms with Crippen LogP contribution in [-0.4, -0.2) is 25.7 Å². The Morgan fingerprint density at radius 1 is 1.69 bits per heavy atom. The van der Waals surface area contributed by atoms with Crippen LogP contribution in [-0.2, 0) is 9.30 Å². The average molecular weight is 249 g/mol. The molecule has 0 aliphatic carbocycles. The predicted molar refractivity (Wildman–Crippen MR) is 55.6 cm³/mol. The van der Waals surface area contributed by atoms with E-state index in [0.717, 1.165) is 4.57 Å². The minimum Gasteiger partial charge on any atom is -0.383 e. The Morgan fingerprint density at radius 3 is 2.81 bits per heavy atom. The van der Waals surface area contributed by atoms with Gasteiger partial charge in [-0.1, -0.05) is 0 Å². The van der Waals surface area contributed by atoms with E-state index in [1.165, 1.54) is 19.2 Å². The summed E-state index contributed by atoms with van der Waals surface area (Å²) in [6.07, 6.45) is -0.242. The van der Waals surface area contributed by atoms with Crippen molar-refractivity contribution in [3.05, 3.63) is 22.7 Å². The first-order chi connectivity index (χ1) is 7.29. The zero-order valence-corrected chi connectivity index (χ0v) is 9.37. The summed E-state index contributed by atoms with van der Waals surface area (Å²) in [6, 6.07) is 1.39. The lowest BCUT2D eigenvalue weighted by atomic mass is 10.5. The molecule has 0 fully saturated rings. The summed E-state index contributed by atoms with van der Waals surface area (Å²) in [5.41, 5.74) is 4.64. The second-order valence-electron chi connectivity index (χ2n) is 3.10. The second kappa shape index (κ2) is 4.75. The zero-order valence-electron chi connectivity index (χ0n) is 8.48. The van der Waals surface area contributed by atoms with Gasteiger partial charge < -0.3 is 20.3 Å². The Bertz CT molecular complexity index is 467. The van der Waals surface area contributed by atoms with Crippen molar-refractivity contribution in [2.75, 3.05) is 12.1 Å². The average Bonchev–Trinajstić information content (AvgIpc) is 2.13. The third-order valence-corrected chi connectivity index (χ3v) is 2.21. The third-order valence-electron chi connectivity index (χ3n) is 1.73. The fraction of sp³-hybridized carbons (Fsp3) is 0.429. The van der Waals surface area contributed by atoms with Crippen molar-refractivity contribution in [2.45, 2.75) is 13.2 Å². The first kappa shape index (κ1) is 12.9. The molecule has 0 radical (unpaired) electrons. The Morgan fingerprint density at radius 2 is 2.31 bits per heavy atom. The third kappa shape index (κ3) is 3.74. The largest absolute Gasteiger partial charge is 0.383 e. The molecule has 1 aromatic heterocycles. The van der Waals surface area contributed by atoms with Crippen LogP contribution in [0, 0.1) is 0 Å². The molecule has 1 atom stereocenters. The highest BCUT2D eigenvalue weighted by Gasteiger charge is 2.16. The molecule has 0 amide bonds. The number of aromatic nitrogens is 2. The second-order valence-corrected chi connectivity index (χ2v) is 4.69. The molecular weight excluding hydrogens is 237 g/mol. The highest BCUT2D eigenvalue weighted by atomic mass is 31.2. The molecule has 0 saturated carbocycles. The monoisotopic (exact) mass is 249 g/mol. The van der Waals surface area contributed by atoms with Crippen molar-refractivity contribution in [1.82, 2.24) is 9.55 Å². The Balaban J connectivity index is 2.77. The zero-order chi connectivity index (χ0) is 12.3. The molecule has 90 valence electrons. The van der Waals surface area contributed by atoms with Crippen molar-refractivity contribution < 1.29 is 19.1 Å². The van der Waals surface area contributed by atoms with Crippen LogP contribution in [0.2, 0.25) is 0 Å². The van der Waals surface area contributed by atoms with Crippen LogP contribution < -0.4 is 11.4 Å². The van der Waals surface area contributed by atoms with Crippen LogP contribution >= 0.6 is 7.60 Å².